The SMILES string of the molecule is O=C(COc1ccc(Cl)cc1Cl)N1CCC(=C2CC2)CC1. The minimum absolute atomic E-state index is 0.0147. The van der Waals surface area contributed by atoms with Crippen molar-refractivity contribution in [2.75, 3.05) is 19.7 Å². The Morgan fingerprint density at radius 1 is 1.10 bits per heavy atom. The standard InChI is InChI=1S/C16H17Cl2NO2/c17-13-3-4-15(14(18)9-13)21-10-16(20)19-7-5-12(6-8-19)11-1-2-11/h3-4,9H,1-2,5-8,10H2. The molecule has 0 N–H and O–H groups in total. The summed E-state index contributed by atoms with van der Waals surface area (Å²) in [6, 6.07) is 4.99. The van der Waals surface area contributed by atoms with Crippen LogP contribution in [0.3, 0.4) is 0 Å². The van der Waals surface area contributed by atoms with E-state index in [1.807, 2.05) is 4.90 Å². The van der Waals surface area contributed by atoms with Crippen LogP contribution in [-0.2, 0) is 4.79 Å². The van der Waals surface area contributed by atoms with Gasteiger partial charge in [0.25, 0.3) is 5.91 Å². The monoisotopic (exact) mass is 325 g/mol. The second-order valence-electron chi connectivity index (χ2n) is 5.45. The summed E-state index contributed by atoms with van der Waals surface area (Å²) in [5.41, 5.74) is 3.19. The van der Waals surface area contributed by atoms with Crippen LogP contribution < -0.4 is 4.74 Å². The number of allylic oxidation sites excluding steroid dienone is 1. The lowest BCUT2D eigenvalue weighted by Gasteiger charge is -2.28. The molecule has 1 aromatic rings. The van der Waals surface area contributed by atoms with E-state index in [0.717, 1.165) is 25.9 Å². The summed E-state index contributed by atoms with van der Waals surface area (Å²) >= 11 is 11.8. The van der Waals surface area contributed by atoms with Gasteiger partial charge in [0.15, 0.2) is 6.61 Å². The third-order valence-corrected chi connectivity index (χ3v) is 4.50. The molecular weight excluding hydrogens is 309 g/mol. The number of hydrogen-bond acceptors (Lipinski definition) is 2. The van der Waals surface area contributed by atoms with E-state index in [1.54, 1.807) is 29.3 Å². The molecule has 1 amide bonds. The number of halogens is 2. The van der Waals surface area contributed by atoms with Crippen LogP contribution in [0.15, 0.2) is 29.3 Å². The fourth-order valence-corrected chi connectivity index (χ4v) is 3.08. The van der Waals surface area contributed by atoms with E-state index in [0.29, 0.717) is 15.8 Å². The first-order valence-electron chi connectivity index (χ1n) is 7.19. The highest BCUT2D eigenvalue weighted by molar-refractivity contribution is 6.35. The van der Waals surface area contributed by atoms with Crippen molar-refractivity contribution in [3.8, 4) is 5.75 Å². The van der Waals surface area contributed by atoms with E-state index >= 15 is 0 Å². The van der Waals surface area contributed by atoms with Crippen LogP contribution >= 0.6 is 23.2 Å². The van der Waals surface area contributed by atoms with Crippen molar-refractivity contribution in [2.45, 2.75) is 25.7 Å². The van der Waals surface area contributed by atoms with Gasteiger partial charge in [0.1, 0.15) is 5.75 Å². The molecule has 0 radical (unpaired) electrons. The Balaban J connectivity index is 1.51. The third-order valence-electron chi connectivity index (χ3n) is 3.96. The zero-order chi connectivity index (χ0) is 14.8. The summed E-state index contributed by atoms with van der Waals surface area (Å²) < 4.78 is 5.50. The molecule has 0 bridgehead atoms. The van der Waals surface area contributed by atoms with Gasteiger partial charge in [-0.25, -0.2) is 0 Å². The van der Waals surface area contributed by atoms with Crippen LogP contribution in [0.1, 0.15) is 25.7 Å². The molecule has 21 heavy (non-hydrogen) atoms. The smallest absolute Gasteiger partial charge is 0.260 e. The Labute approximate surface area is 134 Å². The number of benzene rings is 1. The molecule has 3 nitrogen and oxygen atoms in total. The van der Waals surface area contributed by atoms with Gasteiger partial charge >= 0.3 is 0 Å². The van der Waals surface area contributed by atoms with Crippen molar-refractivity contribution in [1.82, 2.24) is 4.90 Å². The normalized spacial score (nSPS) is 17.9. The molecule has 1 aliphatic carbocycles. The Morgan fingerprint density at radius 2 is 1.76 bits per heavy atom. The summed E-state index contributed by atoms with van der Waals surface area (Å²) in [4.78, 5) is 14.0. The van der Waals surface area contributed by atoms with Gasteiger partial charge in [0.05, 0.1) is 5.02 Å². The maximum absolute atomic E-state index is 12.2. The Bertz CT molecular complexity index is 582. The highest BCUT2D eigenvalue weighted by Crippen LogP contribution is 2.36. The van der Waals surface area contributed by atoms with E-state index in [-0.39, 0.29) is 12.5 Å². The molecular formula is C16H17Cl2NO2. The molecule has 1 heterocycles. The van der Waals surface area contributed by atoms with Crippen LogP contribution in [-0.4, -0.2) is 30.5 Å². The molecule has 0 aromatic heterocycles. The average molecular weight is 326 g/mol. The predicted octanol–water partition coefficient (Wildman–Crippen LogP) is 4.09. The molecule has 1 saturated carbocycles. The second-order valence-corrected chi connectivity index (χ2v) is 6.29. The molecule has 5 heteroatoms. The van der Waals surface area contributed by atoms with Crippen molar-refractivity contribution in [2.24, 2.45) is 0 Å². The topological polar surface area (TPSA) is 29.5 Å². The first-order chi connectivity index (χ1) is 10.1. The van der Waals surface area contributed by atoms with Crippen molar-refractivity contribution in [3.05, 3.63) is 39.4 Å². The molecule has 3 rings (SSSR count). The highest BCUT2D eigenvalue weighted by atomic mass is 35.5. The van der Waals surface area contributed by atoms with E-state index < -0.39 is 0 Å². The number of nitrogens with zero attached hydrogens (tertiary/aromatic N) is 1. The molecule has 0 spiro atoms. The van der Waals surface area contributed by atoms with Gasteiger partial charge in [0, 0.05) is 18.1 Å². The Kier molecular flexibility index (Phi) is 4.41. The minimum Gasteiger partial charge on any atom is -0.482 e. The van der Waals surface area contributed by atoms with Crippen LogP contribution in [0.5, 0.6) is 5.75 Å². The first kappa shape index (κ1) is 14.7. The average Bonchev–Trinajstić information content (AvgIpc) is 3.31. The predicted molar refractivity (Wildman–Crippen MR) is 84.0 cm³/mol. The zero-order valence-electron chi connectivity index (χ0n) is 11.7. The van der Waals surface area contributed by atoms with Gasteiger partial charge in [-0.05, 0) is 43.9 Å². The third kappa shape index (κ3) is 3.72. The minimum atomic E-state index is 0.0147. The first-order valence-corrected chi connectivity index (χ1v) is 7.94. The number of ether oxygens (including phenoxy) is 1. The second kappa shape index (κ2) is 6.29. The summed E-state index contributed by atoms with van der Waals surface area (Å²) in [7, 11) is 0. The molecule has 1 saturated heterocycles. The number of likely N-dealkylation sites (tertiary alicyclic amines) is 1. The lowest BCUT2D eigenvalue weighted by molar-refractivity contribution is -0.133. The summed E-state index contributed by atoms with van der Waals surface area (Å²) in [6.07, 6.45) is 4.56. The number of carbonyl (C=O) groups excluding carboxylic acids is 1. The summed E-state index contributed by atoms with van der Waals surface area (Å²) in [6.45, 7) is 1.62. The lowest BCUT2D eigenvalue weighted by Crippen LogP contribution is -2.39. The van der Waals surface area contributed by atoms with Gasteiger partial charge in [-0.3, -0.25) is 4.79 Å². The van der Waals surface area contributed by atoms with Crippen LogP contribution in [0.25, 0.3) is 0 Å². The summed E-state index contributed by atoms with van der Waals surface area (Å²) in [5, 5.41) is 0.977. The van der Waals surface area contributed by atoms with Crippen LogP contribution in [0.4, 0.5) is 0 Å². The number of hydrogen-bond donors (Lipinski definition) is 0. The van der Waals surface area contributed by atoms with Crippen molar-refractivity contribution >= 4 is 29.1 Å². The molecule has 2 aliphatic rings. The van der Waals surface area contributed by atoms with E-state index in [4.69, 9.17) is 27.9 Å². The Morgan fingerprint density at radius 3 is 2.38 bits per heavy atom. The van der Waals surface area contributed by atoms with Gasteiger partial charge < -0.3 is 9.64 Å². The quantitative estimate of drug-likeness (QED) is 0.783. The Hall–Kier alpha value is -1.19. The highest BCUT2D eigenvalue weighted by Gasteiger charge is 2.24. The largest absolute Gasteiger partial charge is 0.482 e. The van der Waals surface area contributed by atoms with Gasteiger partial charge in [-0.2, -0.15) is 0 Å². The van der Waals surface area contributed by atoms with Crippen LogP contribution in [0.2, 0.25) is 10.0 Å². The lowest BCUT2D eigenvalue weighted by atomic mass is 10.0. The van der Waals surface area contributed by atoms with Crippen molar-refractivity contribution in [3.63, 3.8) is 0 Å². The molecule has 2 fully saturated rings. The molecule has 0 unspecified atom stereocenters. The van der Waals surface area contributed by atoms with Crippen molar-refractivity contribution < 1.29 is 9.53 Å². The fourth-order valence-electron chi connectivity index (χ4n) is 2.62. The van der Waals surface area contributed by atoms with Gasteiger partial charge in [-0.1, -0.05) is 34.3 Å². The number of piperidine rings is 1. The maximum Gasteiger partial charge on any atom is 0.260 e. The summed E-state index contributed by atoms with van der Waals surface area (Å²) in [5.74, 6) is 0.507. The van der Waals surface area contributed by atoms with Crippen LogP contribution in [0, 0.1) is 0 Å². The van der Waals surface area contributed by atoms with E-state index in [2.05, 4.69) is 0 Å². The molecule has 0 atom stereocenters. The van der Waals surface area contributed by atoms with Gasteiger partial charge in [-0.15, -0.1) is 0 Å². The van der Waals surface area contributed by atoms with Gasteiger partial charge in [0.2, 0.25) is 0 Å². The number of amides is 1. The van der Waals surface area contributed by atoms with E-state index in [1.165, 1.54) is 12.8 Å². The zero-order valence-corrected chi connectivity index (χ0v) is 13.2. The van der Waals surface area contributed by atoms with Crippen molar-refractivity contribution in [1.29, 1.82) is 0 Å². The number of rotatable bonds is 3. The fraction of sp³-hybridized carbons (Fsp3) is 0.438. The number of carbonyl (C=O) groups is 1. The maximum atomic E-state index is 12.2. The molecule has 112 valence electrons. The molecule has 1 aliphatic heterocycles. The van der Waals surface area contributed by atoms with E-state index in [9.17, 15) is 4.79 Å². The molecule has 1 aromatic carbocycles.